The highest BCUT2D eigenvalue weighted by Crippen LogP contribution is 2.28. The molecule has 108 valence electrons. The summed E-state index contributed by atoms with van der Waals surface area (Å²) in [5.41, 5.74) is -1.43. The van der Waals surface area contributed by atoms with Gasteiger partial charge in [0.25, 0.3) is 0 Å². The van der Waals surface area contributed by atoms with E-state index in [1.807, 2.05) is 6.92 Å². The zero-order chi connectivity index (χ0) is 14.6. The Kier molecular flexibility index (Phi) is 4.88. The van der Waals surface area contributed by atoms with Gasteiger partial charge in [-0.3, -0.25) is 14.4 Å². The molecule has 2 saturated heterocycles. The molecule has 0 saturated carbocycles. The SMILES string of the molecule is CC1CC(O)(CC(=O)O)CC(=O)O1.CC1COC1=O. The van der Waals surface area contributed by atoms with Gasteiger partial charge < -0.3 is 19.7 Å². The monoisotopic (exact) mass is 274 g/mol. The lowest BCUT2D eigenvalue weighted by atomic mass is 9.87. The van der Waals surface area contributed by atoms with Crippen LogP contribution in [0.25, 0.3) is 0 Å². The Morgan fingerprint density at radius 1 is 1.42 bits per heavy atom. The zero-order valence-corrected chi connectivity index (χ0v) is 10.9. The molecule has 2 aliphatic heterocycles. The maximum absolute atomic E-state index is 10.9. The molecule has 7 heteroatoms. The fourth-order valence-corrected chi connectivity index (χ4v) is 1.92. The molecule has 2 fully saturated rings. The summed E-state index contributed by atoms with van der Waals surface area (Å²) in [6.07, 6.45) is -0.869. The number of carbonyl (C=O) groups is 3. The van der Waals surface area contributed by atoms with Gasteiger partial charge in [-0.1, -0.05) is 0 Å². The number of esters is 2. The van der Waals surface area contributed by atoms with Gasteiger partial charge in [-0.25, -0.2) is 0 Å². The van der Waals surface area contributed by atoms with Crippen LogP contribution in [0.2, 0.25) is 0 Å². The predicted molar refractivity (Wildman–Crippen MR) is 62.1 cm³/mol. The molecule has 3 atom stereocenters. The molecule has 2 rings (SSSR count). The summed E-state index contributed by atoms with van der Waals surface area (Å²) in [6, 6.07) is 0. The average molecular weight is 274 g/mol. The normalized spacial score (nSPS) is 33.2. The molecule has 0 aromatic heterocycles. The first kappa shape index (κ1) is 15.4. The molecule has 0 radical (unpaired) electrons. The van der Waals surface area contributed by atoms with Gasteiger partial charge >= 0.3 is 17.9 Å². The van der Waals surface area contributed by atoms with E-state index in [9.17, 15) is 19.5 Å². The summed E-state index contributed by atoms with van der Waals surface area (Å²) in [5.74, 6) is -1.54. The molecule has 3 unspecified atom stereocenters. The number of aliphatic carboxylic acids is 1. The summed E-state index contributed by atoms with van der Waals surface area (Å²) in [5, 5.41) is 18.2. The summed E-state index contributed by atoms with van der Waals surface area (Å²) in [6.45, 7) is 4.11. The fraction of sp³-hybridized carbons (Fsp3) is 0.750. The van der Waals surface area contributed by atoms with Crippen molar-refractivity contribution >= 4 is 17.9 Å². The van der Waals surface area contributed by atoms with Crippen LogP contribution in [0.3, 0.4) is 0 Å². The van der Waals surface area contributed by atoms with Gasteiger partial charge in [0.2, 0.25) is 0 Å². The molecule has 0 aliphatic carbocycles. The van der Waals surface area contributed by atoms with E-state index in [2.05, 4.69) is 4.74 Å². The van der Waals surface area contributed by atoms with Gasteiger partial charge in [0.1, 0.15) is 12.7 Å². The van der Waals surface area contributed by atoms with Crippen molar-refractivity contribution in [1.29, 1.82) is 0 Å². The Labute approximate surface area is 110 Å². The Morgan fingerprint density at radius 3 is 2.32 bits per heavy atom. The van der Waals surface area contributed by atoms with E-state index in [4.69, 9.17) is 9.84 Å². The lowest BCUT2D eigenvalue weighted by Gasteiger charge is -2.33. The fourth-order valence-electron chi connectivity index (χ4n) is 1.92. The third-order valence-electron chi connectivity index (χ3n) is 2.83. The molecule has 2 N–H and O–H groups in total. The first-order valence-electron chi connectivity index (χ1n) is 6.02. The van der Waals surface area contributed by atoms with Crippen LogP contribution in [0.1, 0.15) is 33.1 Å². The molecular formula is C12H18O7. The largest absolute Gasteiger partial charge is 0.481 e. The highest BCUT2D eigenvalue weighted by atomic mass is 16.6. The van der Waals surface area contributed by atoms with E-state index in [1.54, 1.807) is 6.92 Å². The van der Waals surface area contributed by atoms with Crippen molar-refractivity contribution in [1.82, 2.24) is 0 Å². The standard InChI is InChI=1S/C8H12O5.C4H6O2/c1-5-2-8(12,3-6(9)10)4-7(11)13-5;1-3-2-6-4(3)5/h5,12H,2-4H2,1H3,(H,9,10);3H,2H2,1H3. The Bertz CT molecular complexity index is 374. The predicted octanol–water partition coefficient (Wildman–Crippen LogP) is 0.0970. The molecule has 0 amide bonds. The van der Waals surface area contributed by atoms with Crippen LogP contribution in [0.15, 0.2) is 0 Å². The van der Waals surface area contributed by atoms with E-state index >= 15 is 0 Å². The summed E-state index contributed by atoms with van der Waals surface area (Å²) in [4.78, 5) is 31.3. The first-order chi connectivity index (χ1) is 8.72. The second kappa shape index (κ2) is 6.01. The smallest absolute Gasteiger partial charge is 0.312 e. The molecule has 0 spiro atoms. The Morgan fingerprint density at radius 2 is 2.00 bits per heavy atom. The molecule has 2 aliphatic rings. The lowest BCUT2D eigenvalue weighted by molar-refractivity contribution is -0.172. The van der Waals surface area contributed by atoms with Gasteiger partial charge in [-0.2, -0.15) is 0 Å². The minimum atomic E-state index is -1.43. The molecule has 0 bridgehead atoms. The van der Waals surface area contributed by atoms with Crippen LogP contribution in [0, 0.1) is 5.92 Å². The quantitative estimate of drug-likeness (QED) is 0.687. The zero-order valence-electron chi connectivity index (χ0n) is 10.9. The summed E-state index contributed by atoms with van der Waals surface area (Å²) in [7, 11) is 0. The van der Waals surface area contributed by atoms with Gasteiger partial charge in [0.15, 0.2) is 0 Å². The number of aliphatic hydroxyl groups is 1. The third-order valence-corrected chi connectivity index (χ3v) is 2.83. The second-order valence-corrected chi connectivity index (χ2v) is 5.01. The summed E-state index contributed by atoms with van der Waals surface area (Å²) < 4.78 is 9.18. The van der Waals surface area contributed by atoms with Gasteiger partial charge in [0, 0.05) is 6.42 Å². The molecule has 19 heavy (non-hydrogen) atoms. The van der Waals surface area contributed by atoms with Gasteiger partial charge in [-0.05, 0) is 13.8 Å². The van der Waals surface area contributed by atoms with Crippen LogP contribution in [-0.4, -0.2) is 46.4 Å². The maximum Gasteiger partial charge on any atom is 0.312 e. The van der Waals surface area contributed by atoms with Crippen LogP contribution < -0.4 is 0 Å². The van der Waals surface area contributed by atoms with Crippen LogP contribution in [0.5, 0.6) is 0 Å². The van der Waals surface area contributed by atoms with Crippen molar-refractivity contribution in [3.05, 3.63) is 0 Å². The molecule has 0 aromatic rings. The molecule has 7 nitrogen and oxygen atoms in total. The lowest BCUT2D eigenvalue weighted by Crippen LogP contribution is -2.43. The van der Waals surface area contributed by atoms with Crippen molar-refractivity contribution in [2.24, 2.45) is 5.92 Å². The van der Waals surface area contributed by atoms with E-state index in [0.29, 0.717) is 6.61 Å². The number of rotatable bonds is 2. The van der Waals surface area contributed by atoms with Crippen molar-refractivity contribution in [2.75, 3.05) is 6.61 Å². The van der Waals surface area contributed by atoms with E-state index in [-0.39, 0.29) is 24.7 Å². The van der Waals surface area contributed by atoms with Crippen molar-refractivity contribution in [3.63, 3.8) is 0 Å². The molecular weight excluding hydrogens is 256 g/mol. The maximum atomic E-state index is 10.9. The van der Waals surface area contributed by atoms with Crippen LogP contribution in [-0.2, 0) is 23.9 Å². The second-order valence-electron chi connectivity index (χ2n) is 5.01. The topological polar surface area (TPSA) is 110 Å². The average Bonchev–Trinajstić information content (AvgIpc) is 2.23. The third kappa shape index (κ3) is 4.86. The minimum Gasteiger partial charge on any atom is -0.481 e. The van der Waals surface area contributed by atoms with Gasteiger partial charge in [-0.15, -0.1) is 0 Å². The number of hydrogen-bond acceptors (Lipinski definition) is 6. The van der Waals surface area contributed by atoms with Crippen LogP contribution in [0.4, 0.5) is 0 Å². The number of cyclic esters (lactones) is 2. The Balaban J connectivity index is 0.000000250. The number of carbonyl (C=O) groups excluding carboxylic acids is 2. The number of hydrogen-bond donors (Lipinski definition) is 2. The van der Waals surface area contributed by atoms with Crippen molar-refractivity contribution < 1.29 is 34.1 Å². The highest BCUT2D eigenvalue weighted by Gasteiger charge is 2.39. The van der Waals surface area contributed by atoms with Crippen LogP contribution >= 0.6 is 0 Å². The van der Waals surface area contributed by atoms with Crippen molar-refractivity contribution in [2.45, 2.75) is 44.8 Å². The summed E-state index contributed by atoms with van der Waals surface area (Å²) >= 11 is 0. The first-order valence-corrected chi connectivity index (χ1v) is 6.02. The molecule has 2 heterocycles. The van der Waals surface area contributed by atoms with E-state index in [1.165, 1.54) is 0 Å². The van der Waals surface area contributed by atoms with Crippen molar-refractivity contribution in [3.8, 4) is 0 Å². The number of ether oxygens (including phenoxy) is 2. The molecule has 0 aromatic carbocycles. The number of carboxylic acids is 1. The van der Waals surface area contributed by atoms with E-state index < -0.39 is 30.1 Å². The minimum absolute atomic E-state index is 0.0602. The number of carboxylic acid groups (broad SMARTS) is 1. The Hall–Kier alpha value is -1.63. The highest BCUT2D eigenvalue weighted by molar-refractivity contribution is 5.76. The van der Waals surface area contributed by atoms with Gasteiger partial charge in [0.05, 0.1) is 24.4 Å². The van der Waals surface area contributed by atoms with E-state index in [0.717, 1.165) is 0 Å².